The number of sulfonamides is 1. The summed E-state index contributed by atoms with van der Waals surface area (Å²) in [6, 6.07) is 1.52. The summed E-state index contributed by atoms with van der Waals surface area (Å²) >= 11 is 1.31. The molecular formula is C13H20N4O2S2. The summed E-state index contributed by atoms with van der Waals surface area (Å²) in [5.74, 6) is 0. The first kappa shape index (κ1) is 16.2. The van der Waals surface area contributed by atoms with E-state index in [-0.39, 0.29) is 6.04 Å². The Morgan fingerprint density at radius 2 is 2.24 bits per heavy atom. The van der Waals surface area contributed by atoms with Crippen molar-refractivity contribution in [2.45, 2.75) is 37.2 Å². The van der Waals surface area contributed by atoms with Crippen LogP contribution in [0.25, 0.3) is 0 Å². The first-order valence-electron chi connectivity index (χ1n) is 6.64. The van der Waals surface area contributed by atoms with Gasteiger partial charge < -0.3 is 9.88 Å². The predicted molar refractivity (Wildman–Crippen MR) is 83.8 cm³/mol. The van der Waals surface area contributed by atoms with Crippen LogP contribution in [0.1, 0.15) is 17.4 Å². The lowest BCUT2D eigenvalue weighted by molar-refractivity contribution is 0.521. The molecule has 0 aliphatic rings. The third-order valence-corrected chi connectivity index (χ3v) is 6.30. The topological polar surface area (TPSA) is 76.0 Å². The fourth-order valence-electron chi connectivity index (χ4n) is 2.03. The van der Waals surface area contributed by atoms with Gasteiger partial charge in [-0.3, -0.25) is 0 Å². The van der Waals surface area contributed by atoms with E-state index in [0.29, 0.717) is 17.3 Å². The molecule has 8 heteroatoms. The Balaban J connectivity index is 2.09. The second-order valence-electron chi connectivity index (χ2n) is 4.98. The van der Waals surface area contributed by atoms with Crippen LogP contribution in [-0.2, 0) is 23.1 Å². The summed E-state index contributed by atoms with van der Waals surface area (Å²) in [7, 11) is -1.63. The minimum atomic E-state index is -3.48. The smallest absolute Gasteiger partial charge is 0.250 e. The molecule has 21 heavy (non-hydrogen) atoms. The van der Waals surface area contributed by atoms with E-state index in [1.807, 2.05) is 31.7 Å². The van der Waals surface area contributed by atoms with Gasteiger partial charge in [-0.1, -0.05) is 0 Å². The van der Waals surface area contributed by atoms with E-state index in [1.165, 1.54) is 11.3 Å². The van der Waals surface area contributed by atoms with Gasteiger partial charge in [0.05, 0.1) is 6.33 Å². The molecule has 2 aromatic rings. The number of nitrogens with zero attached hydrogens (tertiary/aromatic N) is 2. The summed E-state index contributed by atoms with van der Waals surface area (Å²) < 4.78 is 29.7. The quantitative estimate of drug-likeness (QED) is 0.804. The Hall–Kier alpha value is -1.22. The fourth-order valence-corrected chi connectivity index (χ4v) is 4.88. The van der Waals surface area contributed by atoms with Crippen LogP contribution in [0.2, 0.25) is 0 Å². The molecule has 0 amide bonds. The van der Waals surface area contributed by atoms with Gasteiger partial charge in [0, 0.05) is 36.4 Å². The number of imidazole rings is 1. The molecule has 1 atom stereocenters. The van der Waals surface area contributed by atoms with Crippen molar-refractivity contribution in [3.63, 3.8) is 0 Å². The van der Waals surface area contributed by atoms with E-state index in [0.717, 1.165) is 10.4 Å². The highest BCUT2D eigenvalue weighted by Gasteiger charge is 2.21. The van der Waals surface area contributed by atoms with Crippen LogP contribution < -0.4 is 10.0 Å². The largest absolute Gasteiger partial charge is 0.336 e. The van der Waals surface area contributed by atoms with Gasteiger partial charge in [0.1, 0.15) is 4.21 Å². The van der Waals surface area contributed by atoms with E-state index in [9.17, 15) is 8.42 Å². The van der Waals surface area contributed by atoms with Crippen molar-refractivity contribution in [3.05, 3.63) is 35.2 Å². The van der Waals surface area contributed by atoms with Crippen molar-refractivity contribution >= 4 is 21.4 Å². The molecule has 2 N–H and O–H groups in total. The van der Waals surface area contributed by atoms with Crippen molar-refractivity contribution in [2.75, 3.05) is 7.05 Å². The second-order valence-corrected chi connectivity index (χ2v) is 8.06. The van der Waals surface area contributed by atoms with Crippen LogP contribution >= 0.6 is 11.3 Å². The SMILES string of the molecule is CNCc1sc(S(=O)(=O)NC(C)Cn2ccnc2)cc1C. The molecule has 0 aliphatic carbocycles. The second kappa shape index (κ2) is 6.69. The number of hydrogen-bond donors (Lipinski definition) is 2. The molecule has 0 aromatic carbocycles. The Morgan fingerprint density at radius 3 is 2.86 bits per heavy atom. The molecular weight excluding hydrogens is 308 g/mol. The highest BCUT2D eigenvalue weighted by atomic mass is 32.2. The Labute approximate surface area is 129 Å². The number of aryl methyl sites for hydroxylation is 1. The number of nitrogens with one attached hydrogen (secondary N) is 2. The first-order valence-corrected chi connectivity index (χ1v) is 8.94. The van der Waals surface area contributed by atoms with Crippen molar-refractivity contribution in [1.82, 2.24) is 19.6 Å². The molecule has 116 valence electrons. The average Bonchev–Trinajstić information content (AvgIpc) is 3.00. The molecule has 0 spiro atoms. The average molecular weight is 328 g/mol. The van der Waals surface area contributed by atoms with E-state index >= 15 is 0 Å². The minimum Gasteiger partial charge on any atom is -0.336 e. The molecule has 0 saturated heterocycles. The number of rotatable bonds is 7. The predicted octanol–water partition coefficient (Wildman–Crippen LogP) is 1.34. The zero-order valence-electron chi connectivity index (χ0n) is 12.3. The summed E-state index contributed by atoms with van der Waals surface area (Å²) in [5, 5.41) is 3.04. The van der Waals surface area contributed by atoms with Gasteiger partial charge in [0.2, 0.25) is 10.0 Å². The third kappa shape index (κ3) is 4.13. The normalized spacial score (nSPS) is 13.5. The highest BCUT2D eigenvalue weighted by molar-refractivity contribution is 7.91. The molecule has 1 unspecified atom stereocenters. The minimum absolute atomic E-state index is 0.209. The maximum atomic E-state index is 12.4. The van der Waals surface area contributed by atoms with Gasteiger partial charge >= 0.3 is 0 Å². The van der Waals surface area contributed by atoms with E-state index < -0.39 is 10.0 Å². The summed E-state index contributed by atoms with van der Waals surface area (Å²) in [6.45, 7) is 4.99. The highest BCUT2D eigenvalue weighted by Crippen LogP contribution is 2.26. The molecule has 0 fully saturated rings. The van der Waals surface area contributed by atoms with Crippen LogP contribution in [0, 0.1) is 6.92 Å². The molecule has 2 aromatic heterocycles. The first-order chi connectivity index (χ1) is 9.92. The van der Waals surface area contributed by atoms with Gasteiger partial charge in [0.25, 0.3) is 0 Å². The number of hydrogen-bond acceptors (Lipinski definition) is 5. The van der Waals surface area contributed by atoms with Gasteiger partial charge in [-0.15, -0.1) is 11.3 Å². The lowest BCUT2D eigenvalue weighted by Crippen LogP contribution is -2.35. The van der Waals surface area contributed by atoms with Gasteiger partial charge in [-0.2, -0.15) is 0 Å². The van der Waals surface area contributed by atoms with Crippen molar-refractivity contribution in [1.29, 1.82) is 0 Å². The Kier molecular flexibility index (Phi) is 5.15. The van der Waals surface area contributed by atoms with Crippen LogP contribution in [0.4, 0.5) is 0 Å². The molecule has 0 bridgehead atoms. The van der Waals surface area contributed by atoms with Crippen LogP contribution in [0.15, 0.2) is 29.0 Å². The lowest BCUT2D eigenvalue weighted by atomic mass is 10.3. The summed E-state index contributed by atoms with van der Waals surface area (Å²) in [4.78, 5) is 4.99. The molecule has 2 rings (SSSR count). The summed E-state index contributed by atoms with van der Waals surface area (Å²) in [6.07, 6.45) is 5.16. The van der Waals surface area contributed by atoms with Crippen LogP contribution in [-0.4, -0.2) is 31.1 Å². The molecule has 0 saturated carbocycles. The number of thiophene rings is 1. The lowest BCUT2D eigenvalue weighted by Gasteiger charge is -2.13. The zero-order valence-corrected chi connectivity index (χ0v) is 14.0. The van der Waals surface area contributed by atoms with E-state index in [1.54, 1.807) is 18.6 Å². The van der Waals surface area contributed by atoms with E-state index in [4.69, 9.17) is 0 Å². The van der Waals surface area contributed by atoms with Gasteiger partial charge in [-0.05, 0) is 32.5 Å². The van der Waals surface area contributed by atoms with Gasteiger partial charge in [-0.25, -0.2) is 18.1 Å². The molecule has 0 radical (unpaired) electrons. The molecule has 2 heterocycles. The molecule has 0 aliphatic heterocycles. The fraction of sp³-hybridized carbons (Fsp3) is 0.462. The maximum Gasteiger partial charge on any atom is 0.250 e. The van der Waals surface area contributed by atoms with Gasteiger partial charge in [0.15, 0.2) is 0 Å². The monoisotopic (exact) mass is 328 g/mol. The molecule has 6 nitrogen and oxygen atoms in total. The summed E-state index contributed by atoms with van der Waals surface area (Å²) in [5.41, 5.74) is 0.997. The Morgan fingerprint density at radius 1 is 1.48 bits per heavy atom. The van der Waals surface area contributed by atoms with E-state index in [2.05, 4.69) is 15.0 Å². The van der Waals surface area contributed by atoms with Crippen molar-refractivity contribution in [3.8, 4) is 0 Å². The maximum absolute atomic E-state index is 12.4. The van der Waals surface area contributed by atoms with Crippen molar-refractivity contribution in [2.24, 2.45) is 0 Å². The third-order valence-electron chi connectivity index (χ3n) is 3.00. The van der Waals surface area contributed by atoms with Crippen LogP contribution in [0.5, 0.6) is 0 Å². The standard InChI is InChI=1S/C13H20N4O2S2/c1-10-6-13(20-12(10)7-14-3)21(18,19)16-11(2)8-17-5-4-15-9-17/h4-6,9,11,14,16H,7-8H2,1-3H3. The Bertz CT molecular complexity index is 677. The van der Waals surface area contributed by atoms with Crippen molar-refractivity contribution < 1.29 is 8.42 Å². The number of aromatic nitrogens is 2. The zero-order chi connectivity index (χ0) is 15.5. The van der Waals surface area contributed by atoms with Crippen LogP contribution in [0.3, 0.4) is 0 Å².